The predicted octanol–water partition coefficient (Wildman–Crippen LogP) is 2.73. The molecule has 124 valence electrons. The molecule has 0 spiro atoms. The lowest BCUT2D eigenvalue weighted by molar-refractivity contribution is -0.157. The van der Waals surface area contributed by atoms with Gasteiger partial charge in [-0.2, -0.15) is 0 Å². The Kier molecular flexibility index (Phi) is 5.21. The van der Waals surface area contributed by atoms with E-state index in [1.807, 2.05) is 45.0 Å². The van der Waals surface area contributed by atoms with Gasteiger partial charge in [0.05, 0.1) is 0 Å². The van der Waals surface area contributed by atoms with Crippen LogP contribution >= 0.6 is 0 Å². The molecule has 1 aromatic carbocycles. The minimum atomic E-state index is -0.495. The summed E-state index contributed by atoms with van der Waals surface area (Å²) in [7, 11) is 0. The minimum Gasteiger partial charge on any atom is -0.459 e. The van der Waals surface area contributed by atoms with Gasteiger partial charge < -0.3 is 15.4 Å². The summed E-state index contributed by atoms with van der Waals surface area (Å²) in [6.45, 7) is 7.68. The van der Waals surface area contributed by atoms with Gasteiger partial charge in [-0.3, -0.25) is 9.59 Å². The quantitative estimate of drug-likeness (QED) is 0.842. The van der Waals surface area contributed by atoms with E-state index in [9.17, 15) is 9.59 Å². The molecule has 1 unspecified atom stereocenters. The largest absolute Gasteiger partial charge is 0.459 e. The number of hydrogen-bond acceptors (Lipinski definition) is 4. The molecule has 23 heavy (non-hydrogen) atoms. The maximum Gasteiger partial charge on any atom is 0.324 e. The molecule has 1 atom stereocenters. The molecule has 5 heteroatoms. The Morgan fingerprint density at radius 2 is 2.04 bits per heavy atom. The number of ether oxygens (including phenoxy) is 1. The average molecular weight is 316 g/mol. The first kappa shape index (κ1) is 17.2. The maximum absolute atomic E-state index is 12.2. The summed E-state index contributed by atoms with van der Waals surface area (Å²) in [4.78, 5) is 23.4. The van der Waals surface area contributed by atoms with E-state index in [-0.39, 0.29) is 17.9 Å². The van der Waals surface area contributed by atoms with E-state index in [2.05, 4.69) is 16.7 Å². The van der Waals surface area contributed by atoms with Crippen LogP contribution in [0.25, 0.3) is 5.57 Å². The molecule has 2 rings (SSSR count). The third-order valence-electron chi connectivity index (χ3n) is 3.38. The van der Waals surface area contributed by atoms with Gasteiger partial charge in [0.1, 0.15) is 11.6 Å². The first-order valence-electron chi connectivity index (χ1n) is 7.78. The zero-order valence-corrected chi connectivity index (χ0v) is 14.1. The zero-order chi connectivity index (χ0) is 17.0. The van der Waals surface area contributed by atoms with E-state index >= 15 is 0 Å². The number of hydrogen-bond donors (Lipinski definition) is 2. The number of carbonyl (C=O) groups is 2. The SMILES string of the molecule is CC(=O)Nc1cccc(C2=CCNC(C(=O)OC(C)(C)C)C2)c1. The summed E-state index contributed by atoms with van der Waals surface area (Å²) in [5.41, 5.74) is 2.34. The van der Waals surface area contributed by atoms with Crippen LogP contribution in [-0.2, 0) is 14.3 Å². The molecule has 1 amide bonds. The number of carbonyl (C=O) groups excluding carboxylic acids is 2. The number of nitrogens with one attached hydrogen (secondary N) is 2. The Balaban J connectivity index is 2.11. The highest BCUT2D eigenvalue weighted by atomic mass is 16.6. The van der Waals surface area contributed by atoms with Gasteiger partial charge in [-0.1, -0.05) is 18.2 Å². The first-order valence-corrected chi connectivity index (χ1v) is 7.78. The third-order valence-corrected chi connectivity index (χ3v) is 3.38. The van der Waals surface area contributed by atoms with Crippen LogP contribution < -0.4 is 10.6 Å². The smallest absolute Gasteiger partial charge is 0.324 e. The highest BCUT2D eigenvalue weighted by Crippen LogP contribution is 2.26. The van der Waals surface area contributed by atoms with Crippen LogP contribution in [0.3, 0.4) is 0 Å². The molecule has 0 fully saturated rings. The number of amides is 1. The minimum absolute atomic E-state index is 0.104. The molecule has 1 heterocycles. The molecule has 1 aromatic rings. The van der Waals surface area contributed by atoms with E-state index in [1.165, 1.54) is 6.92 Å². The van der Waals surface area contributed by atoms with Crippen molar-refractivity contribution in [1.29, 1.82) is 0 Å². The van der Waals surface area contributed by atoms with Crippen LogP contribution in [0.1, 0.15) is 39.7 Å². The monoisotopic (exact) mass is 316 g/mol. The molecule has 5 nitrogen and oxygen atoms in total. The lowest BCUT2D eigenvalue weighted by Crippen LogP contribution is -2.43. The molecule has 2 N–H and O–H groups in total. The van der Waals surface area contributed by atoms with Crippen LogP contribution in [0.15, 0.2) is 30.3 Å². The fraction of sp³-hybridized carbons (Fsp3) is 0.444. The van der Waals surface area contributed by atoms with Gasteiger partial charge in [-0.25, -0.2) is 0 Å². The van der Waals surface area contributed by atoms with Crippen LogP contribution in [-0.4, -0.2) is 30.1 Å². The Bertz CT molecular complexity index is 629. The molecular formula is C18H24N2O3. The molecule has 0 radical (unpaired) electrons. The molecule has 1 aliphatic rings. The van der Waals surface area contributed by atoms with Gasteiger partial charge in [0.15, 0.2) is 0 Å². The lowest BCUT2D eigenvalue weighted by atomic mass is 9.95. The molecule has 0 aromatic heterocycles. The Hall–Kier alpha value is -2.14. The number of esters is 1. The van der Waals surface area contributed by atoms with Crippen LogP contribution in [0.2, 0.25) is 0 Å². The van der Waals surface area contributed by atoms with Gasteiger partial charge in [-0.15, -0.1) is 0 Å². The summed E-state index contributed by atoms with van der Waals surface area (Å²) < 4.78 is 5.45. The normalized spacial score (nSPS) is 18.1. The number of anilines is 1. The second-order valence-corrected chi connectivity index (χ2v) is 6.69. The number of benzene rings is 1. The summed E-state index contributed by atoms with van der Waals surface area (Å²) in [5.74, 6) is -0.339. The fourth-order valence-electron chi connectivity index (χ4n) is 2.48. The molecule has 0 aliphatic carbocycles. The van der Waals surface area contributed by atoms with Crippen molar-refractivity contribution in [2.45, 2.75) is 45.8 Å². The standard InChI is InChI=1S/C18H24N2O3/c1-12(21)20-15-7-5-6-13(10-15)14-8-9-19-16(11-14)17(22)23-18(2,3)4/h5-8,10,16,19H,9,11H2,1-4H3,(H,20,21). The molecule has 0 saturated carbocycles. The first-order chi connectivity index (χ1) is 10.7. The molecule has 0 bridgehead atoms. The van der Waals surface area contributed by atoms with Crippen LogP contribution in [0.5, 0.6) is 0 Å². The highest BCUT2D eigenvalue weighted by Gasteiger charge is 2.27. The van der Waals surface area contributed by atoms with E-state index in [0.29, 0.717) is 13.0 Å². The summed E-state index contributed by atoms with van der Waals surface area (Å²) >= 11 is 0. The van der Waals surface area contributed by atoms with Crippen molar-refractivity contribution < 1.29 is 14.3 Å². The summed E-state index contributed by atoms with van der Waals surface area (Å²) in [5, 5.41) is 5.94. The Labute approximate surface area is 137 Å². The van der Waals surface area contributed by atoms with E-state index in [4.69, 9.17) is 4.74 Å². The van der Waals surface area contributed by atoms with Gasteiger partial charge in [0.25, 0.3) is 0 Å². The summed E-state index contributed by atoms with van der Waals surface area (Å²) in [6.07, 6.45) is 2.63. The van der Waals surface area contributed by atoms with Crippen LogP contribution in [0, 0.1) is 0 Å². The highest BCUT2D eigenvalue weighted by molar-refractivity contribution is 5.89. The number of rotatable bonds is 3. The second kappa shape index (κ2) is 6.96. The van der Waals surface area contributed by atoms with Crippen molar-refractivity contribution in [2.24, 2.45) is 0 Å². The van der Waals surface area contributed by atoms with Crippen molar-refractivity contribution in [2.75, 3.05) is 11.9 Å². The van der Waals surface area contributed by atoms with Crippen molar-refractivity contribution in [3.63, 3.8) is 0 Å². The van der Waals surface area contributed by atoms with E-state index < -0.39 is 5.60 Å². The van der Waals surface area contributed by atoms with Gasteiger partial charge >= 0.3 is 5.97 Å². The maximum atomic E-state index is 12.2. The second-order valence-electron chi connectivity index (χ2n) is 6.69. The van der Waals surface area contributed by atoms with Crippen molar-refractivity contribution in [3.8, 4) is 0 Å². The molecule has 1 aliphatic heterocycles. The fourth-order valence-corrected chi connectivity index (χ4v) is 2.48. The Morgan fingerprint density at radius 1 is 1.30 bits per heavy atom. The van der Waals surface area contributed by atoms with E-state index in [0.717, 1.165) is 16.8 Å². The van der Waals surface area contributed by atoms with Gasteiger partial charge in [-0.05, 0) is 50.5 Å². The zero-order valence-electron chi connectivity index (χ0n) is 14.1. The van der Waals surface area contributed by atoms with Crippen molar-refractivity contribution >= 4 is 23.1 Å². The lowest BCUT2D eigenvalue weighted by Gasteiger charge is -2.27. The summed E-state index contributed by atoms with van der Waals surface area (Å²) in [6, 6.07) is 7.29. The van der Waals surface area contributed by atoms with Gasteiger partial charge in [0.2, 0.25) is 5.91 Å². The predicted molar refractivity (Wildman–Crippen MR) is 91.0 cm³/mol. The Morgan fingerprint density at radius 3 is 2.70 bits per heavy atom. The van der Waals surface area contributed by atoms with E-state index in [1.54, 1.807) is 0 Å². The third kappa shape index (κ3) is 5.21. The van der Waals surface area contributed by atoms with Gasteiger partial charge in [0, 0.05) is 19.2 Å². The topological polar surface area (TPSA) is 67.4 Å². The van der Waals surface area contributed by atoms with Crippen molar-refractivity contribution in [1.82, 2.24) is 5.32 Å². The van der Waals surface area contributed by atoms with Crippen LogP contribution in [0.4, 0.5) is 5.69 Å². The molecular weight excluding hydrogens is 292 g/mol. The average Bonchev–Trinajstić information content (AvgIpc) is 2.45. The molecule has 0 saturated heterocycles. The van der Waals surface area contributed by atoms with Crippen molar-refractivity contribution in [3.05, 3.63) is 35.9 Å².